The van der Waals surface area contributed by atoms with Gasteiger partial charge < -0.3 is 10.2 Å². The molecule has 2 aromatic heterocycles. The molecule has 1 aliphatic rings. The van der Waals surface area contributed by atoms with E-state index < -0.39 is 0 Å². The Hall–Kier alpha value is -2.11. The molecule has 0 spiro atoms. The van der Waals surface area contributed by atoms with Crippen LogP contribution in [0.25, 0.3) is 5.65 Å². The van der Waals surface area contributed by atoms with Crippen LogP contribution in [0.1, 0.15) is 25.5 Å². The van der Waals surface area contributed by atoms with Gasteiger partial charge in [0.25, 0.3) is 0 Å². The molecular formula is C15H21N5O. The Morgan fingerprint density at radius 3 is 2.90 bits per heavy atom. The van der Waals surface area contributed by atoms with Gasteiger partial charge in [-0.05, 0) is 25.7 Å². The standard InChI is InChI=1S/C15H21N5O/c1-11-9-15(20-14(18-11)3-6-17-20)19-7-4-13(5-8-19)10-16-12(2)21/h3,6,9,13H,4-5,7-8,10H2,1-2H3,(H,16,21). The number of hydrogen-bond donors (Lipinski definition) is 1. The van der Waals surface area contributed by atoms with E-state index in [-0.39, 0.29) is 5.91 Å². The molecule has 0 aliphatic carbocycles. The van der Waals surface area contributed by atoms with Crippen molar-refractivity contribution >= 4 is 17.4 Å². The molecule has 6 nitrogen and oxygen atoms in total. The zero-order valence-corrected chi connectivity index (χ0v) is 12.5. The minimum Gasteiger partial charge on any atom is -0.356 e. The van der Waals surface area contributed by atoms with Gasteiger partial charge in [-0.3, -0.25) is 4.79 Å². The topological polar surface area (TPSA) is 62.5 Å². The quantitative estimate of drug-likeness (QED) is 0.926. The van der Waals surface area contributed by atoms with Gasteiger partial charge in [-0.1, -0.05) is 0 Å². The normalized spacial score (nSPS) is 16.4. The van der Waals surface area contributed by atoms with E-state index in [1.165, 1.54) is 0 Å². The van der Waals surface area contributed by atoms with E-state index >= 15 is 0 Å². The number of carbonyl (C=O) groups is 1. The zero-order valence-electron chi connectivity index (χ0n) is 12.5. The third-order valence-electron chi connectivity index (χ3n) is 4.05. The maximum Gasteiger partial charge on any atom is 0.216 e. The predicted octanol–water partition coefficient (Wildman–Crippen LogP) is 1.39. The summed E-state index contributed by atoms with van der Waals surface area (Å²) in [6.45, 7) is 6.35. The van der Waals surface area contributed by atoms with Gasteiger partial charge in [0.1, 0.15) is 5.82 Å². The molecule has 1 amide bonds. The average Bonchev–Trinajstić information content (AvgIpc) is 2.93. The van der Waals surface area contributed by atoms with E-state index in [0.29, 0.717) is 5.92 Å². The Labute approximate surface area is 124 Å². The number of piperidine rings is 1. The van der Waals surface area contributed by atoms with Gasteiger partial charge in [-0.2, -0.15) is 9.61 Å². The molecule has 112 valence electrons. The van der Waals surface area contributed by atoms with Crippen molar-refractivity contribution in [1.82, 2.24) is 19.9 Å². The summed E-state index contributed by atoms with van der Waals surface area (Å²) in [5, 5.41) is 7.29. The number of fused-ring (bicyclic) bond motifs is 1. The van der Waals surface area contributed by atoms with Crippen LogP contribution in [-0.4, -0.2) is 40.1 Å². The van der Waals surface area contributed by atoms with E-state index in [1.54, 1.807) is 13.1 Å². The fourth-order valence-corrected chi connectivity index (χ4v) is 2.90. The molecule has 3 rings (SSSR count). The van der Waals surface area contributed by atoms with Gasteiger partial charge in [0, 0.05) is 44.4 Å². The maximum absolute atomic E-state index is 11.0. The Bertz CT molecular complexity index is 643. The number of nitrogens with zero attached hydrogens (tertiary/aromatic N) is 4. The molecule has 6 heteroatoms. The molecule has 21 heavy (non-hydrogen) atoms. The number of anilines is 1. The van der Waals surface area contributed by atoms with Gasteiger partial charge in [0.15, 0.2) is 5.65 Å². The summed E-state index contributed by atoms with van der Waals surface area (Å²) in [5.41, 5.74) is 1.91. The summed E-state index contributed by atoms with van der Waals surface area (Å²) in [4.78, 5) is 17.8. The van der Waals surface area contributed by atoms with Crippen LogP contribution in [0, 0.1) is 12.8 Å². The van der Waals surface area contributed by atoms with Crippen molar-refractivity contribution in [2.24, 2.45) is 5.92 Å². The molecule has 2 aromatic rings. The number of aromatic nitrogens is 3. The van der Waals surface area contributed by atoms with Gasteiger partial charge in [0.05, 0.1) is 6.20 Å². The molecule has 0 radical (unpaired) electrons. The molecule has 3 heterocycles. The van der Waals surface area contributed by atoms with Crippen LogP contribution < -0.4 is 10.2 Å². The number of nitrogens with one attached hydrogen (secondary N) is 1. The van der Waals surface area contributed by atoms with Crippen LogP contribution in [0.5, 0.6) is 0 Å². The average molecular weight is 287 g/mol. The summed E-state index contributed by atoms with van der Waals surface area (Å²) < 4.78 is 1.90. The fourth-order valence-electron chi connectivity index (χ4n) is 2.90. The van der Waals surface area contributed by atoms with Crippen LogP contribution in [0.3, 0.4) is 0 Å². The van der Waals surface area contributed by atoms with Crippen LogP contribution in [0.15, 0.2) is 18.3 Å². The highest BCUT2D eigenvalue weighted by molar-refractivity contribution is 5.72. The molecule has 1 saturated heterocycles. The number of carbonyl (C=O) groups excluding carboxylic acids is 1. The molecule has 0 unspecified atom stereocenters. The monoisotopic (exact) mass is 287 g/mol. The van der Waals surface area contributed by atoms with E-state index in [0.717, 1.165) is 49.6 Å². The lowest BCUT2D eigenvalue weighted by Gasteiger charge is -2.33. The van der Waals surface area contributed by atoms with Crippen molar-refractivity contribution in [3.05, 3.63) is 24.0 Å². The van der Waals surface area contributed by atoms with E-state index in [4.69, 9.17) is 0 Å². The summed E-state index contributed by atoms with van der Waals surface area (Å²) >= 11 is 0. The van der Waals surface area contributed by atoms with Gasteiger partial charge in [0.2, 0.25) is 5.91 Å². The van der Waals surface area contributed by atoms with E-state index in [1.807, 2.05) is 17.5 Å². The van der Waals surface area contributed by atoms with Crippen molar-refractivity contribution in [1.29, 1.82) is 0 Å². The summed E-state index contributed by atoms with van der Waals surface area (Å²) in [7, 11) is 0. The lowest BCUT2D eigenvalue weighted by molar-refractivity contribution is -0.119. The molecule has 0 atom stereocenters. The highest BCUT2D eigenvalue weighted by atomic mass is 16.1. The fraction of sp³-hybridized carbons (Fsp3) is 0.533. The van der Waals surface area contributed by atoms with E-state index in [2.05, 4.69) is 26.4 Å². The third kappa shape index (κ3) is 2.99. The molecular weight excluding hydrogens is 266 g/mol. The first-order valence-corrected chi connectivity index (χ1v) is 7.44. The largest absolute Gasteiger partial charge is 0.356 e. The summed E-state index contributed by atoms with van der Waals surface area (Å²) in [6, 6.07) is 4.02. The number of aryl methyl sites for hydroxylation is 1. The molecule has 0 aromatic carbocycles. The minimum absolute atomic E-state index is 0.0560. The SMILES string of the molecule is CC(=O)NCC1CCN(c2cc(C)nc3ccnn23)CC1. The smallest absolute Gasteiger partial charge is 0.216 e. The van der Waals surface area contributed by atoms with Crippen molar-refractivity contribution < 1.29 is 4.79 Å². The van der Waals surface area contributed by atoms with Crippen molar-refractivity contribution in [2.75, 3.05) is 24.5 Å². The Morgan fingerprint density at radius 2 is 2.19 bits per heavy atom. The van der Waals surface area contributed by atoms with Gasteiger partial charge in [-0.25, -0.2) is 4.98 Å². The van der Waals surface area contributed by atoms with Crippen LogP contribution >= 0.6 is 0 Å². The van der Waals surface area contributed by atoms with Crippen molar-refractivity contribution in [3.63, 3.8) is 0 Å². The van der Waals surface area contributed by atoms with Gasteiger partial charge in [-0.15, -0.1) is 0 Å². The van der Waals surface area contributed by atoms with Gasteiger partial charge >= 0.3 is 0 Å². The first kappa shape index (κ1) is 13.9. The molecule has 1 aliphatic heterocycles. The van der Waals surface area contributed by atoms with Crippen LogP contribution in [0.2, 0.25) is 0 Å². The summed E-state index contributed by atoms with van der Waals surface area (Å²) in [5.74, 6) is 1.74. The number of hydrogen-bond acceptors (Lipinski definition) is 4. The minimum atomic E-state index is 0.0560. The van der Waals surface area contributed by atoms with Crippen molar-refractivity contribution in [3.8, 4) is 0 Å². The van der Waals surface area contributed by atoms with Crippen molar-refractivity contribution in [2.45, 2.75) is 26.7 Å². The molecule has 1 fully saturated rings. The Balaban J connectivity index is 1.71. The predicted molar refractivity (Wildman–Crippen MR) is 81.3 cm³/mol. The van der Waals surface area contributed by atoms with E-state index in [9.17, 15) is 4.79 Å². The first-order valence-electron chi connectivity index (χ1n) is 7.44. The second-order valence-corrected chi connectivity index (χ2v) is 5.72. The zero-order chi connectivity index (χ0) is 14.8. The third-order valence-corrected chi connectivity index (χ3v) is 4.05. The lowest BCUT2D eigenvalue weighted by atomic mass is 9.97. The lowest BCUT2D eigenvalue weighted by Crippen LogP contribution is -2.39. The number of amides is 1. The molecule has 0 bridgehead atoms. The molecule has 0 saturated carbocycles. The van der Waals surface area contributed by atoms with Crippen LogP contribution in [0.4, 0.5) is 5.82 Å². The second kappa shape index (κ2) is 5.71. The highest BCUT2D eigenvalue weighted by Crippen LogP contribution is 2.23. The summed E-state index contributed by atoms with van der Waals surface area (Å²) in [6.07, 6.45) is 3.96. The molecule has 1 N–H and O–H groups in total. The highest BCUT2D eigenvalue weighted by Gasteiger charge is 2.21. The number of rotatable bonds is 3. The van der Waals surface area contributed by atoms with Crippen LogP contribution in [-0.2, 0) is 4.79 Å². The first-order chi connectivity index (χ1) is 10.1. The second-order valence-electron chi connectivity index (χ2n) is 5.72. The Morgan fingerprint density at radius 1 is 1.43 bits per heavy atom. The Kier molecular flexibility index (Phi) is 3.77. The maximum atomic E-state index is 11.0.